The molecule has 0 spiro atoms. The Hall–Kier alpha value is -2.02. The summed E-state index contributed by atoms with van der Waals surface area (Å²) >= 11 is 0. The third-order valence-corrected chi connectivity index (χ3v) is 2.33. The third-order valence-electron chi connectivity index (χ3n) is 2.33. The first-order valence-electron chi connectivity index (χ1n) is 5.72. The third kappa shape index (κ3) is 4.56. The average Bonchev–Trinajstić information content (AvgIpc) is 2.32. The Morgan fingerprint density at radius 2 is 2.00 bits per heavy atom. The van der Waals surface area contributed by atoms with Crippen molar-refractivity contribution in [2.45, 2.75) is 13.8 Å². The highest BCUT2D eigenvalue weighted by Crippen LogP contribution is 2.13. The van der Waals surface area contributed by atoms with Gasteiger partial charge in [0.1, 0.15) is 0 Å². The van der Waals surface area contributed by atoms with Gasteiger partial charge in [0.25, 0.3) is 0 Å². The van der Waals surface area contributed by atoms with Crippen LogP contribution in [0.1, 0.15) is 12.5 Å². The van der Waals surface area contributed by atoms with Gasteiger partial charge in [-0.2, -0.15) is 0 Å². The lowest BCUT2D eigenvalue weighted by molar-refractivity contribution is 1.43. The zero-order chi connectivity index (χ0) is 12.5. The van der Waals surface area contributed by atoms with Crippen LogP contribution in [0.4, 0.5) is 5.69 Å². The van der Waals surface area contributed by atoms with Gasteiger partial charge in [-0.05, 0) is 37.1 Å². The number of anilines is 1. The van der Waals surface area contributed by atoms with Gasteiger partial charge in [0, 0.05) is 11.9 Å². The van der Waals surface area contributed by atoms with Gasteiger partial charge in [0.2, 0.25) is 0 Å². The quantitative estimate of drug-likeness (QED) is 0.722. The van der Waals surface area contributed by atoms with Crippen molar-refractivity contribution in [3.05, 3.63) is 78.6 Å². The minimum atomic E-state index is 1.11. The molecule has 0 aliphatic rings. The second-order valence-electron chi connectivity index (χ2n) is 3.69. The Morgan fingerprint density at radius 3 is 2.65 bits per heavy atom. The van der Waals surface area contributed by atoms with Crippen molar-refractivity contribution >= 4 is 5.69 Å². The topological polar surface area (TPSA) is 12.0 Å². The maximum absolute atomic E-state index is 3.70. The summed E-state index contributed by atoms with van der Waals surface area (Å²) in [6.07, 6.45) is 11.8. The fourth-order valence-electron chi connectivity index (χ4n) is 1.46. The second-order valence-corrected chi connectivity index (χ2v) is 3.69. The van der Waals surface area contributed by atoms with Crippen molar-refractivity contribution in [3.63, 3.8) is 0 Å². The maximum Gasteiger partial charge on any atom is 0.0409 e. The lowest BCUT2D eigenvalue weighted by Gasteiger charge is -2.04. The molecule has 0 saturated heterocycles. The van der Waals surface area contributed by atoms with Crippen molar-refractivity contribution in [2.24, 2.45) is 0 Å². The van der Waals surface area contributed by atoms with Crippen LogP contribution in [-0.4, -0.2) is 0 Å². The largest absolute Gasteiger partial charge is 0.361 e. The number of rotatable bonds is 5. The number of allylic oxidation sites excluding steroid dienone is 6. The van der Waals surface area contributed by atoms with E-state index in [1.54, 1.807) is 6.08 Å². The molecule has 0 aromatic heterocycles. The first kappa shape index (κ1) is 13.0. The summed E-state index contributed by atoms with van der Waals surface area (Å²) in [6.45, 7) is 7.78. The van der Waals surface area contributed by atoms with Gasteiger partial charge >= 0.3 is 0 Å². The van der Waals surface area contributed by atoms with Gasteiger partial charge < -0.3 is 5.32 Å². The Balaban J connectivity index is 2.69. The van der Waals surface area contributed by atoms with Gasteiger partial charge in [-0.15, -0.1) is 0 Å². The molecule has 0 radical (unpaired) electrons. The lowest BCUT2D eigenvalue weighted by Crippen LogP contribution is -1.90. The molecule has 0 bridgehead atoms. The Morgan fingerprint density at radius 1 is 1.24 bits per heavy atom. The fraction of sp³-hybridized carbons (Fsp3) is 0.125. The van der Waals surface area contributed by atoms with E-state index in [9.17, 15) is 0 Å². The van der Waals surface area contributed by atoms with E-state index in [0.29, 0.717) is 0 Å². The molecule has 0 saturated carbocycles. The summed E-state index contributed by atoms with van der Waals surface area (Å²) < 4.78 is 0. The summed E-state index contributed by atoms with van der Waals surface area (Å²) in [5, 5.41) is 3.27. The van der Waals surface area contributed by atoms with Crippen molar-refractivity contribution in [3.8, 4) is 0 Å². The highest BCUT2D eigenvalue weighted by atomic mass is 14.8. The zero-order valence-electron chi connectivity index (χ0n) is 10.5. The van der Waals surface area contributed by atoms with Crippen LogP contribution >= 0.6 is 0 Å². The molecule has 1 nitrogen and oxygen atoms in total. The summed E-state index contributed by atoms with van der Waals surface area (Å²) in [6, 6.07) is 8.21. The van der Waals surface area contributed by atoms with Crippen LogP contribution < -0.4 is 5.32 Å². The van der Waals surface area contributed by atoms with Crippen molar-refractivity contribution < 1.29 is 0 Å². The van der Waals surface area contributed by atoms with E-state index in [2.05, 4.69) is 31.0 Å². The van der Waals surface area contributed by atoms with Gasteiger partial charge in [0.05, 0.1) is 0 Å². The molecule has 0 atom stereocenters. The predicted molar refractivity (Wildman–Crippen MR) is 77.0 cm³/mol. The molecule has 17 heavy (non-hydrogen) atoms. The first-order chi connectivity index (χ1) is 8.27. The summed E-state index contributed by atoms with van der Waals surface area (Å²) in [4.78, 5) is 0. The maximum atomic E-state index is 3.70. The number of aryl methyl sites for hydroxylation is 1. The lowest BCUT2D eigenvalue weighted by atomic mass is 10.2. The molecule has 1 heteroatoms. The van der Waals surface area contributed by atoms with Gasteiger partial charge in [-0.1, -0.05) is 49.1 Å². The summed E-state index contributed by atoms with van der Waals surface area (Å²) in [5.41, 5.74) is 3.48. The van der Waals surface area contributed by atoms with E-state index >= 15 is 0 Å². The molecule has 0 aliphatic heterocycles. The van der Waals surface area contributed by atoms with Gasteiger partial charge in [-0.25, -0.2) is 0 Å². The van der Waals surface area contributed by atoms with E-state index in [4.69, 9.17) is 0 Å². The summed E-state index contributed by atoms with van der Waals surface area (Å²) in [7, 11) is 0. The molecular weight excluding hydrogens is 206 g/mol. The number of benzene rings is 1. The van der Waals surface area contributed by atoms with E-state index < -0.39 is 0 Å². The van der Waals surface area contributed by atoms with Crippen molar-refractivity contribution in [2.75, 3.05) is 5.32 Å². The molecule has 1 rings (SSSR count). The standard InChI is InChI=1S/C16H19N/c1-4-8-15(9-5-2)12-13-17-16-11-7-6-10-14(16)3/h4-13,17H,1H2,2-3H3/b9-5-,13-12+,15-8+. The SMILES string of the molecule is C=C/C=C(\C=C/C)/C=C/Nc1ccccc1C. The molecular formula is C16H19N. The van der Waals surface area contributed by atoms with Crippen LogP contribution in [0.25, 0.3) is 0 Å². The van der Waals surface area contributed by atoms with Crippen molar-refractivity contribution in [1.82, 2.24) is 0 Å². The molecule has 0 unspecified atom stereocenters. The minimum Gasteiger partial charge on any atom is -0.361 e. The average molecular weight is 225 g/mol. The number of para-hydroxylation sites is 1. The van der Waals surface area contributed by atoms with Gasteiger partial charge in [0.15, 0.2) is 0 Å². The highest BCUT2D eigenvalue weighted by Gasteiger charge is 1.91. The molecule has 0 heterocycles. The van der Waals surface area contributed by atoms with Crippen LogP contribution in [0.15, 0.2) is 73.0 Å². The molecule has 1 N–H and O–H groups in total. The molecule has 0 fully saturated rings. The van der Waals surface area contributed by atoms with Crippen LogP contribution in [0.5, 0.6) is 0 Å². The number of hydrogen-bond acceptors (Lipinski definition) is 1. The smallest absolute Gasteiger partial charge is 0.0409 e. The van der Waals surface area contributed by atoms with Crippen LogP contribution in [0, 0.1) is 6.92 Å². The first-order valence-corrected chi connectivity index (χ1v) is 5.72. The Labute approximate surface area is 104 Å². The Kier molecular flexibility index (Phi) is 5.59. The number of hydrogen-bond donors (Lipinski definition) is 1. The second kappa shape index (κ2) is 7.29. The minimum absolute atomic E-state index is 1.11. The van der Waals surface area contributed by atoms with Crippen LogP contribution in [0.2, 0.25) is 0 Å². The molecule has 0 amide bonds. The van der Waals surface area contributed by atoms with E-state index in [1.807, 2.05) is 49.6 Å². The molecule has 88 valence electrons. The van der Waals surface area contributed by atoms with Crippen molar-refractivity contribution in [1.29, 1.82) is 0 Å². The van der Waals surface area contributed by atoms with E-state index in [1.165, 1.54) is 5.56 Å². The van der Waals surface area contributed by atoms with E-state index in [-0.39, 0.29) is 0 Å². The Bertz CT molecular complexity index is 450. The highest BCUT2D eigenvalue weighted by molar-refractivity contribution is 5.52. The molecule has 1 aromatic rings. The molecule has 1 aromatic carbocycles. The monoisotopic (exact) mass is 225 g/mol. The predicted octanol–water partition coefficient (Wildman–Crippen LogP) is 4.61. The number of nitrogens with one attached hydrogen (secondary N) is 1. The van der Waals surface area contributed by atoms with Crippen LogP contribution in [-0.2, 0) is 0 Å². The summed E-state index contributed by atoms with van der Waals surface area (Å²) in [5.74, 6) is 0. The van der Waals surface area contributed by atoms with Gasteiger partial charge in [-0.3, -0.25) is 0 Å². The molecule has 0 aliphatic carbocycles. The normalized spacial score (nSPS) is 12.2. The fourth-order valence-corrected chi connectivity index (χ4v) is 1.46. The van der Waals surface area contributed by atoms with Crippen LogP contribution in [0.3, 0.4) is 0 Å². The zero-order valence-corrected chi connectivity index (χ0v) is 10.5. The van der Waals surface area contributed by atoms with E-state index in [0.717, 1.165) is 11.3 Å².